The molecule has 2 aromatic rings. The zero-order valence-electron chi connectivity index (χ0n) is 18.8. The average Bonchev–Trinajstić information content (AvgIpc) is 3.18. The van der Waals surface area contributed by atoms with E-state index in [9.17, 15) is 23.1 Å². The third-order valence-electron chi connectivity index (χ3n) is 6.05. The van der Waals surface area contributed by atoms with Crippen LogP contribution in [0.2, 0.25) is 0 Å². The lowest BCUT2D eigenvalue weighted by Crippen LogP contribution is -2.49. The lowest BCUT2D eigenvalue weighted by Gasteiger charge is -2.22. The van der Waals surface area contributed by atoms with Gasteiger partial charge in [-0.25, -0.2) is 18.2 Å². The van der Waals surface area contributed by atoms with E-state index in [1.54, 1.807) is 23.1 Å². The topological polar surface area (TPSA) is 132 Å². The smallest absolute Gasteiger partial charge is 0.323 e. The van der Waals surface area contributed by atoms with Gasteiger partial charge in [0.15, 0.2) is 0 Å². The fourth-order valence-corrected chi connectivity index (χ4v) is 5.41. The molecule has 4 rings (SSSR count). The standard InChI is InChI=1S/C23H29N5O5S/c29-22(30)20(26-34(32,33)19-8-2-1-3-9-19)16-28-15-14-27(23(28)31)13-5-7-18-11-10-17-6-4-12-24-21(17)25-18/h1-3,8-11,20,26H,4-7,12-16H2,(H,24,25)(H,29,30). The van der Waals surface area contributed by atoms with E-state index >= 15 is 0 Å². The van der Waals surface area contributed by atoms with E-state index in [1.165, 1.54) is 22.6 Å². The maximum atomic E-state index is 12.8. The lowest BCUT2D eigenvalue weighted by molar-refractivity contribution is -0.139. The number of aryl methyl sites for hydroxylation is 2. The number of sulfonamides is 1. The molecule has 34 heavy (non-hydrogen) atoms. The van der Waals surface area contributed by atoms with Crippen LogP contribution in [0.15, 0.2) is 47.4 Å². The summed E-state index contributed by atoms with van der Waals surface area (Å²) in [6.45, 7) is 2.02. The Morgan fingerprint density at radius 2 is 1.91 bits per heavy atom. The van der Waals surface area contributed by atoms with E-state index in [0.29, 0.717) is 19.6 Å². The molecule has 1 aromatic heterocycles. The molecular weight excluding hydrogens is 458 g/mol. The highest BCUT2D eigenvalue weighted by Gasteiger charge is 2.34. The minimum atomic E-state index is -4.02. The summed E-state index contributed by atoms with van der Waals surface area (Å²) in [5.74, 6) is -0.386. The normalized spacial score (nSPS) is 16.8. The number of hydrogen-bond donors (Lipinski definition) is 3. The van der Waals surface area contributed by atoms with Crippen molar-refractivity contribution in [1.82, 2.24) is 19.5 Å². The van der Waals surface area contributed by atoms with Crippen molar-refractivity contribution in [1.29, 1.82) is 0 Å². The molecule has 0 saturated carbocycles. The largest absolute Gasteiger partial charge is 0.480 e. The molecule has 182 valence electrons. The molecule has 1 fully saturated rings. The summed E-state index contributed by atoms with van der Waals surface area (Å²) in [6.07, 6.45) is 3.60. The molecule has 1 aromatic carbocycles. The number of anilines is 1. The number of aliphatic carboxylic acids is 1. The van der Waals surface area contributed by atoms with Crippen LogP contribution in [0.1, 0.15) is 24.1 Å². The molecule has 0 bridgehead atoms. The van der Waals surface area contributed by atoms with Crippen LogP contribution in [0, 0.1) is 0 Å². The van der Waals surface area contributed by atoms with Gasteiger partial charge in [0.1, 0.15) is 11.9 Å². The highest BCUT2D eigenvalue weighted by Crippen LogP contribution is 2.20. The van der Waals surface area contributed by atoms with Crippen LogP contribution in [-0.2, 0) is 27.7 Å². The first-order chi connectivity index (χ1) is 16.3. The van der Waals surface area contributed by atoms with Gasteiger partial charge in [-0.15, -0.1) is 0 Å². The van der Waals surface area contributed by atoms with Crippen LogP contribution < -0.4 is 10.0 Å². The molecule has 3 N–H and O–H groups in total. The number of aromatic nitrogens is 1. The zero-order chi connectivity index (χ0) is 24.1. The molecular formula is C23H29N5O5S. The number of benzene rings is 1. The molecule has 10 nitrogen and oxygen atoms in total. The number of carbonyl (C=O) groups excluding carboxylic acids is 1. The molecule has 2 aliphatic rings. The van der Waals surface area contributed by atoms with Crippen LogP contribution in [0.4, 0.5) is 10.6 Å². The van der Waals surface area contributed by atoms with E-state index in [4.69, 9.17) is 0 Å². The average molecular weight is 488 g/mol. The second-order valence-corrected chi connectivity index (χ2v) is 10.2. The van der Waals surface area contributed by atoms with Crippen molar-refractivity contribution in [2.24, 2.45) is 0 Å². The molecule has 0 radical (unpaired) electrons. The highest BCUT2D eigenvalue weighted by atomic mass is 32.2. The van der Waals surface area contributed by atoms with Gasteiger partial charge in [0, 0.05) is 38.4 Å². The van der Waals surface area contributed by atoms with E-state index in [-0.39, 0.29) is 17.5 Å². The van der Waals surface area contributed by atoms with Gasteiger partial charge in [0.2, 0.25) is 10.0 Å². The molecule has 3 heterocycles. The number of pyridine rings is 1. The molecule has 1 unspecified atom stereocenters. The van der Waals surface area contributed by atoms with Gasteiger partial charge in [0.25, 0.3) is 0 Å². The fourth-order valence-electron chi connectivity index (χ4n) is 4.21. The lowest BCUT2D eigenvalue weighted by atomic mass is 10.1. The molecule has 11 heteroatoms. The SMILES string of the molecule is O=C(O)C(CN1CCN(CCCc2ccc3c(n2)NCCC3)C1=O)NS(=O)(=O)c1ccccc1. The van der Waals surface area contributed by atoms with Crippen molar-refractivity contribution < 1.29 is 23.1 Å². The van der Waals surface area contributed by atoms with Gasteiger partial charge >= 0.3 is 12.0 Å². The Morgan fingerprint density at radius 3 is 2.68 bits per heavy atom. The van der Waals surface area contributed by atoms with Crippen molar-refractivity contribution in [3.63, 3.8) is 0 Å². The van der Waals surface area contributed by atoms with Crippen LogP contribution in [0.25, 0.3) is 0 Å². The van der Waals surface area contributed by atoms with Gasteiger partial charge in [-0.2, -0.15) is 4.72 Å². The Morgan fingerprint density at radius 1 is 1.15 bits per heavy atom. The number of urea groups is 1. The van der Waals surface area contributed by atoms with Crippen molar-refractivity contribution >= 4 is 27.8 Å². The van der Waals surface area contributed by atoms with E-state index in [1.807, 2.05) is 6.07 Å². The molecule has 0 spiro atoms. The second-order valence-electron chi connectivity index (χ2n) is 8.49. The summed E-state index contributed by atoms with van der Waals surface area (Å²) in [7, 11) is -4.02. The van der Waals surface area contributed by atoms with Crippen LogP contribution in [-0.4, -0.2) is 79.1 Å². The first-order valence-corrected chi connectivity index (χ1v) is 12.9. The Bertz CT molecular complexity index is 1140. The van der Waals surface area contributed by atoms with E-state index in [2.05, 4.69) is 21.1 Å². The van der Waals surface area contributed by atoms with Crippen molar-refractivity contribution in [3.8, 4) is 0 Å². The monoisotopic (exact) mass is 487 g/mol. The number of rotatable bonds is 10. The third kappa shape index (κ3) is 5.65. The fraction of sp³-hybridized carbons (Fsp3) is 0.435. The van der Waals surface area contributed by atoms with Crippen LogP contribution in [0.3, 0.4) is 0 Å². The summed E-state index contributed by atoms with van der Waals surface area (Å²) in [5, 5.41) is 12.9. The van der Waals surface area contributed by atoms with Crippen molar-refractivity contribution in [2.75, 3.05) is 38.0 Å². The molecule has 2 aliphatic heterocycles. The number of nitrogens with zero attached hydrogens (tertiary/aromatic N) is 3. The van der Waals surface area contributed by atoms with Gasteiger partial charge in [-0.05, 0) is 49.4 Å². The van der Waals surface area contributed by atoms with Crippen molar-refractivity contribution in [2.45, 2.75) is 36.6 Å². The first kappa shape index (κ1) is 24.0. The minimum Gasteiger partial charge on any atom is -0.480 e. The summed E-state index contributed by atoms with van der Waals surface area (Å²) in [5.41, 5.74) is 2.20. The highest BCUT2D eigenvalue weighted by molar-refractivity contribution is 7.89. The Labute approximate surface area is 199 Å². The van der Waals surface area contributed by atoms with Gasteiger partial charge in [0.05, 0.1) is 4.90 Å². The van der Waals surface area contributed by atoms with E-state index in [0.717, 1.165) is 43.7 Å². The molecule has 0 aliphatic carbocycles. The summed E-state index contributed by atoms with van der Waals surface area (Å²) in [6, 6.07) is 9.96. The van der Waals surface area contributed by atoms with Gasteiger partial charge < -0.3 is 20.2 Å². The summed E-state index contributed by atoms with van der Waals surface area (Å²) in [4.78, 5) is 32.2. The summed E-state index contributed by atoms with van der Waals surface area (Å²) >= 11 is 0. The predicted octanol–water partition coefficient (Wildman–Crippen LogP) is 1.54. The van der Waals surface area contributed by atoms with E-state index < -0.39 is 22.0 Å². The third-order valence-corrected chi connectivity index (χ3v) is 7.53. The molecule has 2 amide bonds. The van der Waals surface area contributed by atoms with Gasteiger partial charge in [-0.1, -0.05) is 24.3 Å². The summed E-state index contributed by atoms with van der Waals surface area (Å²) < 4.78 is 27.3. The Balaban J connectivity index is 1.30. The predicted molar refractivity (Wildman–Crippen MR) is 126 cm³/mol. The maximum Gasteiger partial charge on any atom is 0.323 e. The molecule has 1 saturated heterocycles. The quantitative estimate of drug-likeness (QED) is 0.463. The number of carbonyl (C=O) groups is 2. The first-order valence-electron chi connectivity index (χ1n) is 11.4. The number of amides is 2. The zero-order valence-corrected chi connectivity index (χ0v) is 19.6. The van der Waals surface area contributed by atoms with Crippen molar-refractivity contribution in [3.05, 3.63) is 53.7 Å². The number of carboxylic acids is 1. The Kier molecular flexibility index (Phi) is 7.32. The molecule has 1 atom stereocenters. The second kappa shape index (κ2) is 10.4. The number of nitrogens with one attached hydrogen (secondary N) is 2. The minimum absolute atomic E-state index is 0.0263. The maximum absolute atomic E-state index is 12.8. The van der Waals surface area contributed by atoms with Gasteiger partial charge in [-0.3, -0.25) is 4.79 Å². The number of hydrogen-bond acceptors (Lipinski definition) is 6. The van der Waals surface area contributed by atoms with Crippen LogP contribution >= 0.6 is 0 Å². The van der Waals surface area contributed by atoms with Crippen LogP contribution in [0.5, 0.6) is 0 Å². The Hall–Kier alpha value is -3.18. The number of fused-ring (bicyclic) bond motifs is 1. The number of carboxylic acid groups (broad SMARTS) is 1.